The van der Waals surface area contributed by atoms with Gasteiger partial charge >= 0.3 is 0 Å². The highest BCUT2D eigenvalue weighted by molar-refractivity contribution is 5.91. The average Bonchev–Trinajstić information content (AvgIpc) is 2.19. The molecule has 72 valence electrons. The Bertz CT molecular complexity index is 364. The molecular formula is C13H14O. The number of allylic oxidation sites excluding steroid dienone is 2. The van der Waals surface area contributed by atoms with Gasteiger partial charge in [-0.3, -0.25) is 4.79 Å². The summed E-state index contributed by atoms with van der Waals surface area (Å²) >= 11 is 0. The van der Waals surface area contributed by atoms with Crippen molar-refractivity contribution >= 4 is 5.78 Å². The molecule has 14 heavy (non-hydrogen) atoms. The van der Waals surface area contributed by atoms with Gasteiger partial charge in [-0.1, -0.05) is 43.3 Å². The van der Waals surface area contributed by atoms with E-state index in [1.807, 2.05) is 24.3 Å². The van der Waals surface area contributed by atoms with Gasteiger partial charge in [0, 0.05) is 11.8 Å². The summed E-state index contributed by atoms with van der Waals surface area (Å²) in [6.45, 7) is 2.16. The summed E-state index contributed by atoms with van der Waals surface area (Å²) in [6, 6.07) is 10.3. The molecule has 0 spiro atoms. The zero-order valence-corrected chi connectivity index (χ0v) is 8.36. The molecule has 0 saturated heterocycles. The first-order valence-electron chi connectivity index (χ1n) is 4.96. The first kappa shape index (κ1) is 9.20. The predicted molar refractivity (Wildman–Crippen MR) is 57.2 cm³/mol. The Labute approximate surface area is 84.5 Å². The van der Waals surface area contributed by atoms with Crippen molar-refractivity contribution in [1.29, 1.82) is 0 Å². The molecule has 0 heterocycles. The van der Waals surface area contributed by atoms with Crippen LogP contribution in [0.25, 0.3) is 0 Å². The Morgan fingerprint density at radius 2 is 1.93 bits per heavy atom. The monoisotopic (exact) mass is 186 g/mol. The van der Waals surface area contributed by atoms with Gasteiger partial charge in [0.2, 0.25) is 0 Å². The Kier molecular flexibility index (Phi) is 2.24. The molecule has 1 heteroatoms. The molecule has 0 saturated carbocycles. The molecule has 0 N–H and O–H groups in total. The lowest BCUT2D eigenvalue weighted by molar-refractivity contribution is -0.116. The molecule has 0 amide bonds. The van der Waals surface area contributed by atoms with E-state index in [0.717, 1.165) is 6.42 Å². The summed E-state index contributed by atoms with van der Waals surface area (Å²) in [5.74, 6) is 0.239. The second-order valence-corrected chi connectivity index (χ2v) is 4.18. The first-order chi connectivity index (χ1) is 6.71. The standard InChI is InChI=1S/C13H14O/c1-13(9-5-8-12(14)10-13)11-6-3-2-4-7-11/h2-8H,9-10H2,1H3. The maximum atomic E-state index is 11.4. The number of carbonyl (C=O) groups excluding carboxylic acids is 1. The van der Waals surface area contributed by atoms with Crippen molar-refractivity contribution < 1.29 is 4.79 Å². The van der Waals surface area contributed by atoms with Crippen LogP contribution < -0.4 is 0 Å². The maximum Gasteiger partial charge on any atom is 0.156 e. The quantitative estimate of drug-likeness (QED) is 0.659. The van der Waals surface area contributed by atoms with Gasteiger partial charge in [0.15, 0.2) is 5.78 Å². The zero-order valence-electron chi connectivity index (χ0n) is 8.36. The Morgan fingerprint density at radius 1 is 1.21 bits per heavy atom. The van der Waals surface area contributed by atoms with Crippen molar-refractivity contribution in [1.82, 2.24) is 0 Å². The number of hydrogen-bond donors (Lipinski definition) is 0. The molecule has 0 aromatic heterocycles. The number of hydrogen-bond acceptors (Lipinski definition) is 1. The van der Waals surface area contributed by atoms with Gasteiger partial charge in [-0.05, 0) is 18.1 Å². The third-order valence-electron chi connectivity index (χ3n) is 2.91. The second-order valence-electron chi connectivity index (χ2n) is 4.18. The van der Waals surface area contributed by atoms with Gasteiger partial charge < -0.3 is 0 Å². The van der Waals surface area contributed by atoms with E-state index >= 15 is 0 Å². The fourth-order valence-electron chi connectivity index (χ4n) is 2.03. The fraction of sp³-hybridized carbons (Fsp3) is 0.308. The van der Waals surface area contributed by atoms with E-state index in [2.05, 4.69) is 19.1 Å². The summed E-state index contributed by atoms with van der Waals surface area (Å²) in [4.78, 5) is 11.4. The van der Waals surface area contributed by atoms with Crippen LogP contribution in [0.3, 0.4) is 0 Å². The molecule has 0 aliphatic heterocycles. The van der Waals surface area contributed by atoms with Gasteiger partial charge in [-0.25, -0.2) is 0 Å². The van der Waals surface area contributed by atoms with Crippen molar-refractivity contribution in [2.45, 2.75) is 25.2 Å². The van der Waals surface area contributed by atoms with Crippen molar-refractivity contribution in [3.8, 4) is 0 Å². The van der Waals surface area contributed by atoms with Crippen molar-refractivity contribution in [3.63, 3.8) is 0 Å². The summed E-state index contributed by atoms with van der Waals surface area (Å²) in [6.07, 6.45) is 5.28. The third kappa shape index (κ3) is 1.63. The highest BCUT2D eigenvalue weighted by Crippen LogP contribution is 2.34. The molecular weight excluding hydrogens is 172 g/mol. The van der Waals surface area contributed by atoms with Gasteiger partial charge in [0.1, 0.15) is 0 Å². The molecule has 1 aromatic rings. The zero-order chi connectivity index (χ0) is 10.0. The minimum Gasteiger partial charge on any atom is -0.295 e. The van der Waals surface area contributed by atoms with E-state index in [0.29, 0.717) is 6.42 Å². The second kappa shape index (κ2) is 3.41. The van der Waals surface area contributed by atoms with Gasteiger partial charge in [-0.2, -0.15) is 0 Å². The predicted octanol–water partition coefficient (Wildman–Crippen LogP) is 2.86. The number of ketones is 1. The molecule has 0 radical (unpaired) electrons. The van der Waals surface area contributed by atoms with E-state index in [4.69, 9.17) is 0 Å². The minimum absolute atomic E-state index is 0.00704. The van der Waals surface area contributed by atoms with Crippen LogP contribution >= 0.6 is 0 Å². The van der Waals surface area contributed by atoms with E-state index < -0.39 is 0 Å². The largest absolute Gasteiger partial charge is 0.295 e. The van der Waals surface area contributed by atoms with E-state index in [9.17, 15) is 4.79 Å². The van der Waals surface area contributed by atoms with Crippen molar-refractivity contribution in [3.05, 3.63) is 48.0 Å². The highest BCUT2D eigenvalue weighted by atomic mass is 16.1. The average molecular weight is 186 g/mol. The molecule has 1 aromatic carbocycles. The lowest BCUT2D eigenvalue weighted by atomic mass is 9.73. The molecule has 1 aliphatic rings. The molecule has 0 fully saturated rings. The molecule has 2 rings (SSSR count). The van der Waals surface area contributed by atoms with Gasteiger partial charge in [0.05, 0.1) is 0 Å². The van der Waals surface area contributed by atoms with Crippen LogP contribution in [0.5, 0.6) is 0 Å². The minimum atomic E-state index is 0.00704. The van der Waals surface area contributed by atoms with E-state index in [1.54, 1.807) is 6.08 Å². The summed E-state index contributed by atoms with van der Waals surface area (Å²) in [5, 5.41) is 0. The maximum absolute atomic E-state index is 11.4. The normalized spacial score (nSPS) is 26.5. The Balaban J connectivity index is 2.34. The summed E-state index contributed by atoms with van der Waals surface area (Å²) in [5.41, 5.74) is 1.27. The van der Waals surface area contributed by atoms with Crippen LogP contribution in [0.2, 0.25) is 0 Å². The number of benzene rings is 1. The topological polar surface area (TPSA) is 17.1 Å². The third-order valence-corrected chi connectivity index (χ3v) is 2.91. The lowest BCUT2D eigenvalue weighted by Crippen LogP contribution is -2.27. The summed E-state index contributed by atoms with van der Waals surface area (Å²) in [7, 11) is 0. The molecule has 1 unspecified atom stereocenters. The van der Waals surface area contributed by atoms with Crippen LogP contribution in [0.15, 0.2) is 42.5 Å². The van der Waals surface area contributed by atoms with Gasteiger partial charge in [0.25, 0.3) is 0 Å². The van der Waals surface area contributed by atoms with E-state index in [-0.39, 0.29) is 11.2 Å². The van der Waals surface area contributed by atoms with Crippen LogP contribution in [0.4, 0.5) is 0 Å². The van der Waals surface area contributed by atoms with Crippen LogP contribution in [-0.2, 0) is 10.2 Å². The van der Waals surface area contributed by atoms with Crippen LogP contribution in [-0.4, -0.2) is 5.78 Å². The molecule has 1 nitrogen and oxygen atoms in total. The molecule has 0 bridgehead atoms. The molecule has 1 aliphatic carbocycles. The fourth-order valence-corrected chi connectivity index (χ4v) is 2.03. The van der Waals surface area contributed by atoms with Crippen LogP contribution in [0, 0.1) is 0 Å². The number of carbonyl (C=O) groups is 1. The smallest absolute Gasteiger partial charge is 0.156 e. The van der Waals surface area contributed by atoms with E-state index in [1.165, 1.54) is 5.56 Å². The Morgan fingerprint density at radius 3 is 2.57 bits per heavy atom. The highest BCUT2D eigenvalue weighted by Gasteiger charge is 2.29. The summed E-state index contributed by atoms with van der Waals surface area (Å²) < 4.78 is 0. The van der Waals surface area contributed by atoms with Crippen molar-refractivity contribution in [2.75, 3.05) is 0 Å². The Hall–Kier alpha value is -1.37. The first-order valence-corrected chi connectivity index (χ1v) is 4.96. The SMILES string of the molecule is CC1(c2ccccc2)CC=CC(=O)C1. The van der Waals surface area contributed by atoms with Gasteiger partial charge in [-0.15, -0.1) is 0 Å². The number of rotatable bonds is 1. The molecule has 1 atom stereocenters. The lowest BCUT2D eigenvalue weighted by Gasteiger charge is -2.30. The van der Waals surface area contributed by atoms with Crippen LogP contribution in [0.1, 0.15) is 25.3 Å². The van der Waals surface area contributed by atoms with Crippen molar-refractivity contribution in [2.24, 2.45) is 0 Å².